The molecule has 0 fully saturated rings. The molecule has 17 nitrogen and oxygen atoms in total. The van der Waals surface area contributed by atoms with Gasteiger partial charge in [0.2, 0.25) is 29.5 Å². The van der Waals surface area contributed by atoms with Gasteiger partial charge in [-0.3, -0.25) is 33.6 Å². The molecule has 0 aliphatic carbocycles. The third-order valence-electron chi connectivity index (χ3n) is 4.08. The molecule has 0 saturated heterocycles. The highest BCUT2D eigenvalue weighted by molar-refractivity contribution is 5.97. The molecule has 0 heterocycles. The Bertz CT molecular complexity index is 846. The number of hydrogen-bond acceptors (Lipinski definition) is 9. The Kier molecular flexibility index (Phi) is 12.2. The van der Waals surface area contributed by atoms with Crippen LogP contribution >= 0.6 is 0 Å². The number of carbonyl (C=O) groups is 8. The second kappa shape index (κ2) is 14.0. The molecule has 5 amide bonds. The minimum atomic E-state index is -1.85. The molecule has 0 aromatic carbocycles. The van der Waals surface area contributed by atoms with Gasteiger partial charge in [-0.25, -0.2) is 4.79 Å². The molecule has 0 saturated carbocycles. The van der Waals surface area contributed by atoms with Crippen molar-refractivity contribution in [1.82, 2.24) is 16.0 Å². The van der Waals surface area contributed by atoms with Gasteiger partial charge in [0.15, 0.2) is 0 Å². The highest BCUT2D eigenvalue weighted by Crippen LogP contribution is 2.03. The summed E-state index contributed by atoms with van der Waals surface area (Å²) in [5.74, 6) is -10.2. The minimum Gasteiger partial charge on any atom is -0.481 e. The molecular weight excluding hydrogens is 464 g/mol. The number of hydrogen-bond donors (Lipinski definition) is 9. The zero-order valence-corrected chi connectivity index (χ0v) is 17.7. The molecule has 17 heteroatoms. The molecule has 0 aromatic rings. The van der Waals surface area contributed by atoms with Gasteiger partial charge >= 0.3 is 17.9 Å². The Morgan fingerprint density at radius 2 is 1.06 bits per heavy atom. The normalized spacial score (nSPS) is 13.9. The predicted molar refractivity (Wildman–Crippen MR) is 108 cm³/mol. The van der Waals surface area contributed by atoms with Gasteiger partial charge in [0, 0.05) is 6.42 Å². The minimum absolute atomic E-state index is 0.409. The second-order valence-electron chi connectivity index (χ2n) is 7.00. The van der Waals surface area contributed by atoms with E-state index in [1.165, 1.54) is 0 Å². The smallest absolute Gasteiger partial charge is 0.326 e. The third-order valence-corrected chi connectivity index (χ3v) is 4.08. The topological polar surface area (TPSA) is 311 Å². The first-order valence-electron chi connectivity index (χ1n) is 9.53. The van der Waals surface area contributed by atoms with E-state index in [0.717, 1.165) is 0 Å². The van der Waals surface area contributed by atoms with E-state index in [4.69, 9.17) is 32.5 Å². The van der Waals surface area contributed by atoms with Crippen LogP contribution in [0.4, 0.5) is 0 Å². The number of nitrogens with two attached hydrogens (primary N) is 3. The summed E-state index contributed by atoms with van der Waals surface area (Å²) < 4.78 is 0. The third kappa shape index (κ3) is 11.9. The van der Waals surface area contributed by atoms with Crippen LogP contribution < -0.4 is 33.2 Å². The molecule has 12 N–H and O–H groups in total. The lowest BCUT2D eigenvalue weighted by atomic mass is 10.1. The standard InChI is InChI=1S/C17H26N6O11/c18-6(3-12(26)27)14(30)22-9(5-13(28)29)16(32)23-8(4-11(20)25)15(31)21-7(17(33)34)1-2-10(19)24/h6-9H,1-5,18H2,(H2,19,24)(H2,20,25)(H,21,31)(H,22,30)(H,23,32)(H,26,27)(H,28,29)(H,33,34). The Balaban J connectivity index is 5.56. The summed E-state index contributed by atoms with van der Waals surface area (Å²) in [7, 11) is 0. The van der Waals surface area contributed by atoms with Gasteiger partial charge in [0.1, 0.15) is 18.1 Å². The first-order chi connectivity index (χ1) is 15.6. The average molecular weight is 490 g/mol. The fourth-order valence-electron chi connectivity index (χ4n) is 2.44. The SMILES string of the molecule is NC(=O)CCC(NC(=O)C(CC(N)=O)NC(=O)C(CC(=O)O)NC(=O)C(N)CC(=O)O)C(=O)O. The summed E-state index contributed by atoms with van der Waals surface area (Å²) in [6.07, 6.45) is -3.51. The molecular formula is C17H26N6O11. The zero-order chi connectivity index (χ0) is 26.6. The van der Waals surface area contributed by atoms with E-state index in [1.54, 1.807) is 0 Å². The highest BCUT2D eigenvalue weighted by Gasteiger charge is 2.32. The van der Waals surface area contributed by atoms with Crippen LogP contribution in [0.3, 0.4) is 0 Å². The fourth-order valence-corrected chi connectivity index (χ4v) is 2.44. The van der Waals surface area contributed by atoms with Gasteiger partial charge in [-0.1, -0.05) is 0 Å². The van der Waals surface area contributed by atoms with E-state index < -0.39 is 104 Å². The first kappa shape index (κ1) is 29.7. The monoisotopic (exact) mass is 490 g/mol. The number of carboxylic acids is 3. The quantitative estimate of drug-likeness (QED) is 0.0981. The van der Waals surface area contributed by atoms with E-state index in [-0.39, 0.29) is 0 Å². The van der Waals surface area contributed by atoms with Crippen LogP contribution in [-0.2, 0) is 38.4 Å². The molecule has 0 aliphatic heterocycles. The number of rotatable bonds is 16. The summed E-state index contributed by atoms with van der Waals surface area (Å²) in [6, 6.07) is -6.90. The van der Waals surface area contributed by atoms with Crippen LogP contribution in [0.15, 0.2) is 0 Å². The van der Waals surface area contributed by atoms with Crippen LogP contribution in [-0.4, -0.2) is 86.9 Å². The van der Waals surface area contributed by atoms with Crippen molar-refractivity contribution >= 4 is 47.4 Å². The summed E-state index contributed by atoms with van der Waals surface area (Å²) in [5.41, 5.74) is 15.3. The number of nitrogens with one attached hydrogen (secondary N) is 3. The van der Waals surface area contributed by atoms with E-state index in [0.29, 0.717) is 0 Å². The highest BCUT2D eigenvalue weighted by atomic mass is 16.4. The number of amides is 5. The number of aliphatic carboxylic acids is 3. The van der Waals surface area contributed by atoms with Crippen LogP contribution in [0.25, 0.3) is 0 Å². The molecule has 4 unspecified atom stereocenters. The van der Waals surface area contributed by atoms with Crippen LogP contribution in [0.5, 0.6) is 0 Å². The number of carbonyl (C=O) groups excluding carboxylic acids is 5. The lowest BCUT2D eigenvalue weighted by molar-refractivity contribution is -0.144. The largest absolute Gasteiger partial charge is 0.481 e. The Labute approximate surface area is 191 Å². The molecule has 0 bridgehead atoms. The summed E-state index contributed by atoms with van der Waals surface area (Å²) in [5, 5.41) is 32.7. The lowest BCUT2D eigenvalue weighted by Gasteiger charge is -2.24. The molecule has 0 radical (unpaired) electrons. The average Bonchev–Trinajstić information content (AvgIpc) is 2.68. The zero-order valence-electron chi connectivity index (χ0n) is 17.7. The maximum Gasteiger partial charge on any atom is 0.326 e. The van der Waals surface area contributed by atoms with Crippen molar-refractivity contribution in [2.24, 2.45) is 17.2 Å². The molecule has 0 spiro atoms. The molecule has 0 aromatic heterocycles. The summed E-state index contributed by atoms with van der Waals surface area (Å²) in [6.45, 7) is 0. The van der Waals surface area contributed by atoms with Gasteiger partial charge in [0.05, 0.1) is 25.3 Å². The van der Waals surface area contributed by atoms with Gasteiger partial charge < -0.3 is 48.5 Å². The molecule has 0 aliphatic rings. The van der Waals surface area contributed by atoms with Gasteiger partial charge in [-0.2, -0.15) is 0 Å². The molecule has 190 valence electrons. The Morgan fingerprint density at radius 3 is 1.47 bits per heavy atom. The predicted octanol–water partition coefficient (Wildman–Crippen LogP) is -5.06. The first-order valence-corrected chi connectivity index (χ1v) is 9.53. The van der Waals surface area contributed by atoms with Gasteiger partial charge in [-0.15, -0.1) is 0 Å². The fraction of sp³-hybridized carbons (Fsp3) is 0.529. The molecule has 34 heavy (non-hydrogen) atoms. The van der Waals surface area contributed by atoms with E-state index in [2.05, 4.69) is 0 Å². The van der Waals surface area contributed by atoms with Crippen molar-refractivity contribution in [3.63, 3.8) is 0 Å². The van der Waals surface area contributed by atoms with Crippen molar-refractivity contribution in [3.8, 4) is 0 Å². The maximum absolute atomic E-state index is 12.5. The van der Waals surface area contributed by atoms with Crippen molar-refractivity contribution < 1.29 is 53.7 Å². The van der Waals surface area contributed by atoms with Gasteiger partial charge in [0.25, 0.3) is 0 Å². The van der Waals surface area contributed by atoms with Crippen molar-refractivity contribution in [2.75, 3.05) is 0 Å². The maximum atomic E-state index is 12.5. The van der Waals surface area contributed by atoms with Crippen molar-refractivity contribution in [2.45, 2.75) is 56.3 Å². The van der Waals surface area contributed by atoms with Crippen molar-refractivity contribution in [1.29, 1.82) is 0 Å². The van der Waals surface area contributed by atoms with Crippen LogP contribution in [0.2, 0.25) is 0 Å². The Morgan fingerprint density at radius 1 is 0.618 bits per heavy atom. The number of carboxylic acid groups (broad SMARTS) is 3. The van der Waals surface area contributed by atoms with E-state index >= 15 is 0 Å². The lowest BCUT2D eigenvalue weighted by Crippen LogP contribution is -2.58. The summed E-state index contributed by atoms with van der Waals surface area (Å²) in [4.78, 5) is 92.2. The van der Waals surface area contributed by atoms with E-state index in [9.17, 15) is 38.4 Å². The second-order valence-corrected chi connectivity index (χ2v) is 7.00. The molecule has 4 atom stereocenters. The van der Waals surface area contributed by atoms with Crippen LogP contribution in [0.1, 0.15) is 32.1 Å². The number of primary amides is 2. The van der Waals surface area contributed by atoms with Gasteiger partial charge in [-0.05, 0) is 6.42 Å². The van der Waals surface area contributed by atoms with E-state index in [1.807, 2.05) is 16.0 Å². The summed E-state index contributed by atoms with van der Waals surface area (Å²) >= 11 is 0. The molecule has 0 rings (SSSR count). The Hall–Kier alpha value is -4.28. The van der Waals surface area contributed by atoms with Crippen LogP contribution in [0, 0.1) is 0 Å². The van der Waals surface area contributed by atoms with Crippen molar-refractivity contribution in [3.05, 3.63) is 0 Å².